The van der Waals surface area contributed by atoms with Crippen LogP contribution in [0.2, 0.25) is 0 Å². The molecule has 4 rings (SSSR count). The van der Waals surface area contributed by atoms with Crippen LogP contribution in [0.25, 0.3) is 5.70 Å². The number of hydrogen-bond acceptors (Lipinski definition) is 5. The van der Waals surface area contributed by atoms with Crippen molar-refractivity contribution in [3.63, 3.8) is 0 Å². The molecule has 0 radical (unpaired) electrons. The van der Waals surface area contributed by atoms with Gasteiger partial charge in [0, 0.05) is 25.0 Å². The van der Waals surface area contributed by atoms with Gasteiger partial charge in [0.05, 0.1) is 17.1 Å². The Hall–Kier alpha value is -3.08. The number of hydrogen-bond donors (Lipinski definition) is 3. The van der Waals surface area contributed by atoms with Crippen LogP contribution in [0, 0.1) is 0 Å². The van der Waals surface area contributed by atoms with Crippen LogP contribution in [0.3, 0.4) is 0 Å². The van der Waals surface area contributed by atoms with Gasteiger partial charge in [-0.15, -0.1) is 0 Å². The predicted molar refractivity (Wildman–Crippen MR) is 86.1 cm³/mol. The van der Waals surface area contributed by atoms with E-state index in [0.29, 0.717) is 5.56 Å². The molecular formula is C17H15N3O2. The molecule has 0 saturated heterocycles. The lowest BCUT2D eigenvalue weighted by molar-refractivity contribution is 0.401. The van der Waals surface area contributed by atoms with Crippen LogP contribution < -0.4 is 10.2 Å². The minimum atomic E-state index is -0.121. The summed E-state index contributed by atoms with van der Waals surface area (Å²) in [4.78, 5) is 4.03. The Bertz CT molecular complexity index is 826. The molecule has 5 nitrogen and oxygen atoms in total. The molecule has 0 spiro atoms. The number of nitrogens with zero attached hydrogens (tertiary/aromatic N) is 2. The number of anilines is 2. The van der Waals surface area contributed by atoms with Crippen molar-refractivity contribution >= 4 is 17.1 Å². The fourth-order valence-electron chi connectivity index (χ4n) is 2.86. The third-order valence-electron chi connectivity index (χ3n) is 4.01. The Morgan fingerprint density at radius 1 is 1.00 bits per heavy atom. The molecule has 0 atom stereocenters. The molecule has 2 aliphatic heterocycles. The summed E-state index contributed by atoms with van der Waals surface area (Å²) in [5.74, 6) is 0.725. The number of fused-ring (bicyclic) bond motifs is 3. The highest BCUT2D eigenvalue weighted by atomic mass is 16.3. The summed E-state index contributed by atoms with van der Waals surface area (Å²) in [7, 11) is 1.93. The molecule has 0 unspecified atom stereocenters. The fourth-order valence-corrected chi connectivity index (χ4v) is 2.86. The van der Waals surface area contributed by atoms with Gasteiger partial charge in [0.2, 0.25) is 0 Å². The van der Waals surface area contributed by atoms with Crippen molar-refractivity contribution in [2.24, 2.45) is 0 Å². The first-order valence-electron chi connectivity index (χ1n) is 6.98. The average Bonchev–Trinajstić information content (AvgIpc) is 2.87. The molecule has 0 aliphatic carbocycles. The number of phenolic OH excluding ortho intramolecular Hbond substituents is 2. The number of aromatic hydroxyl groups is 2. The minimum Gasteiger partial charge on any atom is -0.504 e. The molecule has 22 heavy (non-hydrogen) atoms. The largest absolute Gasteiger partial charge is 0.504 e. The van der Waals surface area contributed by atoms with Crippen LogP contribution >= 0.6 is 0 Å². The van der Waals surface area contributed by atoms with Crippen molar-refractivity contribution in [3.05, 3.63) is 66.2 Å². The van der Waals surface area contributed by atoms with Crippen molar-refractivity contribution in [3.8, 4) is 11.5 Å². The van der Waals surface area contributed by atoms with Crippen molar-refractivity contribution in [1.82, 2.24) is 4.90 Å². The number of nitrogens with one attached hydrogen (secondary N) is 1. The SMILES string of the molecule is CN1C(c2cccc(O)c2O)=CN2C1=CNc1ccccc12. The quantitative estimate of drug-likeness (QED) is 0.705. The molecule has 0 bridgehead atoms. The molecule has 2 aliphatic rings. The second kappa shape index (κ2) is 4.46. The van der Waals surface area contributed by atoms with Gasteiger partial charge in [-0.1, -0.05) is 18.2 Å². The molecule has 5 heteroatoms. The summed E-state index contributed by atoms with van der Waals surface area (Å²) in [5.41, 5.74) is 3.48. The summed E-state index contributed by atoms with van der Waals surface area (Å²) >= 11 is 0. The van der Waals surface area contributed by atoms with E-state index in [0.717, 1.165) is 22.9 Å². The Kier molecular flexibility index (Phi) is 2.56. The smallest absolute Gasteiger partial charge is 0.166 e. The maximum atomic E-state index is 10.1. The Morgan fingerprint density at radius 2 is 1.82 bits per heavy atom. The van der Waals surface area contributed by atoms with Crippen LogP contribution in [0.4, 0.5) is 11.4 Å². The summed E-state index contributed by atoms with van der Waals surface area (Å²) in [6.07, 6.45) is 3.88. The molecule has 0 aromatic heterocycles. The number of para-hydroxylation sites is 3. The van der Waals surface area contributed by atoms with Crippen molar-refractivity contribution in [1.29, 1.82) is 0 Å². The van der Waals surface area contributed by atoms with E-state index in [-0.39, 0.29) is 11.5 Å². The van der Waals surface area contributed by atoms with Crippen LogP contribution in [0.5, 0.6) is 11.5 Å². The van der Waals surface area contributed by atoms with Crippen LogP contribution in [-0.2, 0) is 0 Å². The molecule has 0 saturated carbocycles. The van der Waals surface area contributed by atoms with E-state index in [1.165, 1.54) is 6.07 Å². The van der Waals surface area contributed by atoms with E-state index >= 15 is 0 Å². The molecule has 2 heterocycles. The minimum absolute atomic E-state index is 0.109. The first-order chi connectivity index (χ1) is 10.7. The van der Waals surface area contributed by atoms with Gasteiger partial charge in [0.25, 0.3) is 0 Å². The molecular weight excluding hydrogens is 278 g/mol. The Morgan fingerprint density at radius 3 is 2.68 bits per heavy atom. The highest BCUT2D eigenvalue weighted by Gasteiger charge is 2.31. The van der Waals surface area contributed by atoms with E-state index in [1.54, 1.807) is 12.1 Å². The van der Waals surface area contributed by atoms with E-state index in [9.17, 15) is 10.2 Å². The molecule has 2 aromatic rings. The topological polar surface area (TPSA) is 59.0 Å². The van der Waals surface area contributed by atoms with Crippen LogP contribution in [0.15, 0.2) is 60.7 Å². The summed E-state index contributed by atoms with van der Waals surface area (Å²) in [6.45, 7) is 0. The van der Waals surface area contributed by atoms with E-state index in [2.05, 4.69) is 10.2 Å². The first kappa shape index (κ1) is 12.6. The molecule has 3 N–H and O–H groups in total. The van der Waals surface area contributed by atoms with Crippen molar-refractivity contribution in [2.45, 2.75) is 0 Å². The Labute approximate surface area is 128 Å². The normalized spacial score (nSPS) is 15.7. The molecule has 110 valence electrons. The number of phenols is 2. The summed E-state index contributed by atoms with van der Waals surface area (Å²) in [5, 5.41) is 23.1. The number of benzene rings is 2. The lowest BCUT2D eigenvalue weighted by Crippen LogP contribution is -2.25. The van der Waals surface area contributed by atoms with E-state index in [1.807, 2.05) is 48.6 Å². The van der Waals surface area contributed by atoms with Crippen molar-refractivity contribution in [2.75, 3.05) is 17.3 Å². The Balaban J connectivity index is 1.85. The van der Waals surface area contributed by atoms with Gasteiger partial charge in [0.1, 0.15) is 5.82 Å². The molecule has 0 fully saturated rings. The van der Waals surface area contributed by atoms with Gasteiger partial charge in [-0.25, -0.2) is 0 Å². The fraction of sp³-hybridized carbons (Fsp3) is 0.0588. The van der Waals surface area contributed by atoms with E-state index in [4.69, 9.17) is 0 Å². The second-order valence-electron chi connectivity index (χ2n) is 5.28. The van der Waals surface area contributed by atoms with Crippen molar-refractivity contribution < 1.29 is 10.2 Å². The first-order valence-corrected chi connectivity index (χ1v) is 6.98. The third kappa shape index (κ3) is 1.65. The predicted octanol–water partition coefficient (Wildman–Crippen LogP) is 3.07. The third-order valence-corrected chi connectivity index (χ3v) is 4.01. The van der Waals surface area contributed by atoms with Gasteiger partial charge in [-0.05, 0) is 24.3 Å². The lowest BCUT2D eigenvalue weighted by Gasteiger charge is -2.29. The standard InChI is InChI=1S/C17H15N3O2/c1-19-14(11-5-4-8-15(21)17(11)22)10-20-13-7-3-2-6-12(13)18-9-16(19)20/h2-10,18,21-22H,1H3. The maximum absolute atomic E-state index is 10.1. The van der Waals surface area contributed by atoms with Gasteiger partial charge < -0.3 is 20.4 Å². The van der Waals surface area contributed by atoms with Gasteiger partial charge >= 0.3 is 0 Å². The molecule has 2 aromatic carbocycles. The zero-order valence-corrected chi connectivity index (χ0v) is 12.0. The maximum Gasteiger partial charge on any atom is 0.166 e. The average molecular weight is 293 g/mol. The van der Waals surface area contributed by atoms with Gasteiger partial charge in [-0.3, -0.25) is 4.90 Å². The highest BCUT2D eigenvalue weighted by Crippen LogP contribution is 2.43. The van der Waals surface area contributed by atoms with Gasteiger partial charge in [-0.2, -0.15) is 0 Å². The monoisotopic (exact) mass is 293 g/mol. The second-order valence-corrected chi connectivity index (χ2v) is 5.28. The molecule has 0 amide bonds. The van der Waals surface area contributed by atoms with Crippen LogP contribution in [-0.4, -0.2) is 22.2 Å². The summed E-state index contributed by atoms with van der Waals surface area (Å²) < 4.78 is 0. The van der Waals surface area contributed by atoms with Gasteiger partial charge in [0.15, 0.2) is 11.5 Å². The zero-order chi connectivity index (χ0) is 15.3. The van der Waals surface area contributed by atoms with Crippen LogP contribution in [0.1, 0.15) is 5.56 Å². The number of rotatable bonds is 1. The zero-order valence-electron chi connectivity index (χ0n) is 12.0. The summed E-state index contributed by atoms with van der Waals surface area (Å²) in [6, 6.07) is 13.0. The lowest BCUT2D eigenvalue weighted by atomic mass is 10.1. The highest BCUT2D eigenvalue weighted by molar-refractivity contribution is 5.85. The van der Waals surface area contributed by atoms with E-state index < -0.39 is 0 Å².